The molecule has 0 radical (unpaired) electrons. The van der Waals surface area contributed by atoms with Crippen molar-refractivity contribution in [3.8, 4) is 5.75 Å². The molecule has 164 valence electrons. The standard InChI is InChI=1S/C22H29NO7/c1-21(2,3)29-16(24)12-15-18(25)17(13-8-10-14(28-7)11-9-13)19(26)23(15)20(27)30-22(4,5)6/h8-11,15,25H,12H2,1-7H3/t15-/m0/s1. The molecule has 0 saturated heterocycles. The summed E-state index contributed by atoms with van der Waals surface area (Å²) in [4.78, 5) is 39.0. The van der Waals surface area contributed by atoms with Crippen LogP contribution >= 0.6 is 0 Å². The number of rotatable bonds is 4. The molecule has 8 nitrogen and oxygen atoms in total. The number of amides is 2. The van der Waals surface area contributed by atoms with E-state index in [9.17, 15) is 19.5 Å². The second kappa shape index (κ2) is 8.38. The predicted octanol–water partition coefficient (Wildman–Crippen LogP) is 3.84. The summed E-state index contributed by atoms with van der Waals surface area (Å²) in [6.45, 7) is 10.1. The Bertz CT molecular complexity index is 857. The van der Waals surface area contributed by atoms with Crippen LogP contribution in [0.3, 0.4) is 0 Å². The predicted molar refractivity (Wildman–Crippen MR) is 110 cm³/mol. The molecule has 0 unspecified atom stereocenters. The zero-order valence-electron chi connectivity index (χ0n) is 18.4. The van der Waals surface area contributed by atoms with Gasteiger partial charge in [0.25, 0.3) is 5.91 Å². The molecule has 1 aromatic rings. The summed E-state index contributed by atoms with van der Waals surface area (Å²) in [5.41, 5.74) is -1.31. The van der Waals surface area contributed by atoms with Gasteiger partial charge in [0.2, 0.25) is 0 Å². The van der Waals surface area contributed by atoms with E-state index in [0.29, 0.717) is 11.3 Å². The van der Waals surface area contributed by atoms with Gasteiger partial charge in [-0.15, -0.1) is 0 Å². The van der Waals surface area contributed by atoms with Crippen molar-refractivity contribution in [1.29, 1.82) is 0 Å². The van der Waals surface area contributed by atoms with Crippen LogP contribution in [0.5, 0.6) is 5.75 Å². The van der Waals surface area contributed by atoms with E-state index in [0.717, 1.165) is 4.90 Å². The summed E-state index contributed by atoms with van der Waals surface area (Å²) >= 11 is 0. The Labute approximate surface area is 176 Å². The van der Waals surface area contributed by atoms with Crippen molar-refractivity contribution >= 4 is 23.5 Å². The van der Waals surface area contributed by atoms with Gasteiger partial charge in [-0.3, -0.25) is 9.59 Å². The molecule has 0 aliphatic carbocycles. The number of esters is 1. The van der Waals surface area contributed by atoms with Crippen LogP contribution in [-0.4, -0.2) is 52.3 Å². The molecule has 1 aliphatic heterocycles. The van der Waals surface area contributed by atoms with Crippen molar-refractivity contribution in [3.05, 3.63) is 35.6 Å². The lowest BCUT2D eigenvalue weighted by Crippen LogP contribution is -2.45. The van der Waals surface area contributed by atoms with Crippen LogP contribution < -0.4 is 4.74 Å². The van der Waals surface area contributed by atoms with Crippen LogP contribution in [0.25, 0.3) is 5.57 Å². The normalized spacial score (nSPS) is 17.2. The average molecular weight is 419 g/mol. The molecule has 0 bridgehead atoms. The smallest absolute Gasteiger partial charge is 0.418 e. The van der Waals surface area contributed by atoms with E-state index >= 15 is 0 Å². The summed E-state index contributed by atoms with van der Waals surface area (Å²) in [7, 11) is 1.51. The van der Waals surface area contributed by atoms with Gasteiger partial charge in [0, 0.05) is 0 Å². The fraction of sp³-hybridized carbons (Fsp3) is 0.500. The molecule has 1 N–H and O–H groups in total. The monoisotopic (exact) mass is 419 g/mol. The fourth-order valence-electron chi connectivity index (χ4n) is 2.94. The van der Waals surface area contributed by atoms with Gasteiger partial charge in [0.15, 0.2) is 0 Å². The average Bonchev–Trinajstić information content (AvgIpc) is 2.82. The molecule has 8 heteroatoms. The summed E-state index contributed by atoms with van der Waals surface area (Å²) in [6.07, 6.45) is -1.34. The van der Waals surface area contributed by atoms with E-state index in [1.165, 1.54) is 7.11 Å². The second-order valence-corrected chi connectivity index (χ2v) is 8.95. The Morgan fingerprint density at radius 2 is 1.53 bits per heavy atom. The van der Waals surface area contributed by atoms with Gasteiger partial charge in [-0.1, -0.05) is 12.1 Å². The van der Waals surface area contributed by atoms with Gasteiger partial charge in [0.1, 0.15) is 28.8 Å². The second-order valence-electron chi connectivity index (χ2n) is 8.95. The first-order valence-electron chi connectivity index (χ1n) is 9.59. The molecule has 30 heavy (non-hydrogen) atoms. The van der Waals surface area contributed by atoms with Crippen LogP contribution in [0.2, 0.25) is 0 Å². The number of hydrogen-bond acceptors (Lipinski definition) is 7. The summed E-state index contributed by atoms with van der Waals surface area (Å²) in [6, 6.07) is 5.21. The number of aliphatic hydroxyl groups excluding tert-OH is 1. The van der Waals surface area contributed by atoms with Crippen molar-refractivity contribution in [2.45, 2.75) is 65.2 Å². The number of ether oxygens (including phenoxy) is 3. The lowest BCUT2D eigenvalue weighted by molar-refractivity contribution is -0.156. The van der Waals surface area contributed by atoms with Crippen molar-refractivity contribution in [2.75, 3.05) is 7.11 Å². The van der Waals surface area contributed by atoms with E-state index in [1.807, 2.05) is 0 Å². The first-order valence-corrected chi connectivity index (χ1v) is 9.59. The van der Waals surface area contributed by atoms with Gasteiger partial charge >= 0.3 is 12.1 Å². The van der Waals surface area contributed by atoms with Crippen molar-refractivity contribution in [1.82, 2.24) is 4.90 Å². The number of hydrogen-bond donors (Lipinski definition) is 1. The van der Waals surface area contributed by atoms with Crippen LogP contribution in [0.4, 0.5) is 4.79 Å². The lowest BCUT2D eigenvalue weighted by Gasteiger charge is -2.28. The van der Waals surface area contributed by atoms with Gasteiger partial charge < -0.3 is 19.3 Å². The molecule has 0 saturated carbocycles. The maximum absolute atomic E-state index is 13.1. The first-order chi connectivity index (χ1) is 13.7. The molecule has 2 amide bonds. The number of carbonyl (C=O) groups excluding carboxylic acids is 3. The van der Waals surface area contributed by atoms with Crippen molar-refractivity contribution in [3.63, 3.8) is 0 Å². The Morgan fingerprint density at radius 1 is 1.00 bits per heavy atom. The number of imide groups is 1. The van der Waals surface area contributed by atoms with E-state index in [4.69, 9.17) is 14.2 Å². The molecular formula is C22H29NO7. The number of methoxy groups -OCH3 is 1. The minimum absolute atomic E-state index is 0.0722. The van der Waals surface area contributed by atoms with E-state index in [2.05, 4.69) is 0 Å². The Morgan fingerprint density at radius 3 is 2.00 bits per heavy atom. The molecule has 1 atom stereocenters. The van der Waals surface area contributed by atoms with Gasteiger partial charge in [-0.2, -0.15) is 0 Å². The third-order valence-electron chi connectivity index (χ3n) is 4.07. The summed E-state index contributed by atoms with van der Waals surface area (Å²) in [5, 5.41) is 10.8. The highest BCUT2D eigenvalue weighted by molar-refractivity contribution is 6.26. The topological polar surface area (TPSA) is 102 Å². The van der Waals surface area contributed by atoms with E-state index < -0.39 is 41.6 Å². The van der Waals surface area contributed by atoms with Crippen LogP contribution in [0.1, 0.15) is 53.5 Å². The fourth-order valence-corrected chi connectivity index (χ4v) is 2.94. The first kappa shape index (κ1) is 23.3. The molecule has 0 fully saturated rings. The third kappa shape index (κ3) is 5.52. The Kier molecular flexibility index (Phi) is 6.49. The van der Waals surface area contributed by atoms with Crippen molar-refractivity contribution in [2.24, 2.45) is 0 Å². The van der Waals surface area contributed by atoms with Gasteiger partial charge in [0.05, 0.1) is 19.1 Å². The molecule has 1 heterocycles. The number of carbonyl (C=O) groups is 3. The third-order valence-corrected chi connectivity index (χ3v) is 4.07. The molecule has 0 spiro atoms. The SMILES string of the molecule is COc1ccc(C2=C(O)[C@H](CC(=O)OC(C)(C)C)N(C(=O)OC(C)(C)C)C2=O)cc1. The highest BCUT2D eigenvalue weighted by atomic mass is 16.6. The molecule has 1 aromatic carbocycles. The summed E-state index contributed by atoms with van der Waals surface area (Å²) in [5.74, 6) is -1.22. The van der Waals surface area contributed by atoms with Gasteiger partial charge in [-0.05, 0) is 59.2 Å². The van der Waals surface area contributed by atoms with Crippen LogP contribution in [0, 0.1) is 0 Å². The number of benzene rings is 1. The molecule has 2 rings (SSSR count). The zero-order valence-corrected chi connectivity index (χ0v) is 18.4. The van der Waals surface area contributed by atoms with Crippen LogP contribution in [-0.2, 0) is 19.1 Å². The summed E-state index contributed by atoms with van der Waals surface area (Å²) < 4.78 is 15.7. The maximum atomic E-state index is 13.1. The number of aliphatic hydroxyl groups is 1. The van der Waals surface area contributed by atoms with E-state index in [-0.39, 0.29) is 11.3 Å². The van der Waals surface area contributed by atoms with E-state index in [1.54, 1.807) is 65.8 Å². The molecule has 1 aliphatic rings. The van der Waals surface area contributed by atoms with Gasteiger partial charge in [-0.25, -0.2) is 9.69 Å². The Hall–Kier alpha value is -3.03. The highest BCUT2D eigenvalue weighted by Crippen LogP contribution is 2.35. The molecule has 0 aromatic heterocycles. The lowest BCUT2D eigenvalue weighted by atomic mass is 10.0. The Balaban J connectivity index is 2.43. The maximum Gasteiger partial charge on any atom is 0.418 e. The molecular weight excluding hydrogens is 390 g/mol. The largest absolute Gasteiger partial charge is 0.509 e. The number of nitrogens with zero attached hydrogens (tertiary/aromatic N) is 1. The highest BCUT2D eigenvalue weighted by Gasteiger charge is 2.46. The zero-order chi connectivity index (χ0) is 22.9. The van der Waals surface area contributed by atoms with Crippen LogP contribution in [0.15, 0.2) is 30.0 Å². The van der Waals surface area contributed by atoms with Crippen molar-refractivity contribution < 1.29 is 33.7 Å². The minimum atomic E-state index is -1.22. The quantitative estimate of drug-likeness (QED) is 0.740. The minimum Gasteiger partial charge on any atom is -0.509 e.